The Morgan fingerprint density at radius 3 is 1.05 bits per heavy atom. The van der Waals surface area contributed by atoms with Gasteiger partial charge in [-0.25, -0.2) is 0 Å². The fourth-order valence-corrected chi connectivity index (χ4v) is 8.36. The molecule has 0 amide bonds. The van der Waals surface area contributed by atoms with E-state index in [0.717, 1.165) is 0 Å². The van der Waals surface area contributed by atoms with Crippen molar-refractivity contribution in [3.63, 3.8) is 0 Å². The van der Waals surface area contributed by atoms with Gasteiger partial charge in [0, 0.05) is 0 Å². The van der Waals surface area contributed by atoms with E-state index in [1.807, 2.05) is 17.8 Å². The molecule has 0 unspecified atom stereocenters. The molecular weight excluding hydrogens is 823 g/mol. The molecule has 2 aromatic carbocycles. The molecule has 2 rings (SSSR count). The summed E-state index contributed by atoms with van der Waals surface area (Å²) in [6, 6.07) is 4.58. The van der Waals surface area contributed by atoms with Gasteiger partial charge in [0.05, 0.1) is 0 Å². The first kappa shape index (κ1) is 42.2. The second kappa shape index (κ2) is 23.5. The van der Waals surface area contributed by atoms with Crippen LogP contribution in [0.4, 0.5) is 0 Å². The van der Waals surface area contributed by atoms with Gasteiger partial charge in [0.1, 0.15) is 7.17 Å². The number of halogens is 2. The summed E-state index contributed by atoms with van der Waals surface area (Å²) >= 11 is 8.82. The third kappa shape index (κ3) is 14.4. The fourth-order valence-electron chi connectivity index (χ4n) is 4.73. The summed E-state index contributed by atoms with van der Waals surface area (Å²) in [5.41, 5.74) is 14.1. The van der Waals surface area contributed by atoms with Gasteiger partial charge in [0.2, 0.25) is 5.43 Å². The van der Waals surface area contributed by atoms with Crippen LogP contribution in [-0.4, -0.2) is 49.6 Å². The number of hydrogen-bond donors (Lipinski definition) is 0. The summed E-state index contributed by atoms with van der Waals surface area (Å²) in [6.07, 6.45) is 8.51. The number of benzene rings is 2. The van der Waals surface area contributed by atoms with Gasteiger partial charge in [-0.1, -0.05) is 86.9 Å². The first-order valence-corrected chi connectivity index (χ1v) is 24.2. The quantitative estimate of drug-likeness (QED) is 0.174. The van der Waals surface area contributed by atoms with Gasteiger partial charge < -0.3 is 0 Å². The van der Waals surface area contributed by atoms with Crippen molar-refractivity contribution in [3.8, 4) is 0 Å². The summed E-state index contributed by atoms with van der Waals surface area (Å²) in [5.74, 6) is 0. The Labute approximate surface area is 274 Å². The van der Waals surface area contributed by atoms with Crippen molar-refractivity contribution in [2.45, 2.75) is 96.9 Å². The molecule has 224 valence electrons. The Kier molecular flexibility index (Phi) is 25.5. The third-order valence-corrected chi connectivity index (χ3v) is 14.2. The summed E-state index contributed by atoms with van der Waals surface area (Å²) < 4.78 is 0. The van der Waals surface area contributed by atoms with Gasteiger partial charge in [0.15, 0.2) is 0 Å². The van der Waals surface area contributed by atoms with Gasteiger partial charge in [0.25, 0.3) is 0 Å². The first-order chi connectivity index (χ1) is 18.3. The van der Waals surface area contributed by atoms with Crippen molar-refractivity contribution in [2.24, 2.45) is 0 Å². The molecule has 39 heavy (non-hydrogen) atoms. The SMILES string of the molecule is CCP(CC)CC.CCP(CC)CC.Cc1cc(C)c(C)c([B]B(Br)c2c(C)c(C)cc(C)c2C)c1C.[Br][Pt]. The van der Waals surface area contributed by atoms with E-state index in [0.29, 0.717) is 15.8 Å². The van der Waals surface area contributed by atoms with E-state index in [1.54, 1.807) is 0 Å². The summed E-state index contributed by atoms with van der Waals surface area (Å²) in [7, 11) is 3.28. The van der Waals surface area contributed by atoms with Crippen LogP contribution in [0.25, 0.3) is 0 Å². The van der Waals surface area contributed by atoms with Crippen LogP contribution in [0.15, 0.2) is 12.1 Å². The molecule has 0 saturated carbocycles. The van der Waals surface area contributed by atoms with Crippen molar-refractivity contribution in [3.05, 3.63) is 56.6 Å². The summed E-state index contributed by atoms with van der Waals surface area (Å²) in [4.78, 5) is 0. The second-order valence-electron chi connectivity index (χ2n) is 10.2. The zero-order valence-electron chi connectivity index (χ0n) is 27.5. The Balaban J connectivity index is 0. The van der Waals surface area contributed by atoms with Crippen molar-refractivity contribution < 1.29 is 17.8 Å². The maximum atomic E-state index is 3.95. The third-order valence-electron chi connectivity index (χ3n) is 8.12. The van der Waals surface area contributed by atoms with E-state index in [1.165, 1.54) is 92.4 Å². The standard InChI is InChI=1S/C20H26B2Br.2C6H15P.BrH.Pt/c1-11-9-12(2)16(6)19(15(11)5)21-22(23)20-17(7)13(3)10-14(4)18(20)8;2*1-4-7(5-2)6-3;;/h9-10H,1-8H3;2*4-6H2,1-3H3;1H;/q;;;;+1/p-1. The minimum atomic E-state index is 0.236. The molecule has 0 N–H and O–H groups in total. The van der Waals surface area contributed by atoms with E-state index in [-0.39, 0.29) is 5.43 Å². The number of rotatable bonds is 9. The monoisotopic (exact) mass is 877 g/mol. The molecule has 0 aliphatic carbocycles. The van der Waals surface area contributed by atoms with E-state index in [4.69, 9.17) is 0 Å². The molecule has 0 spiro atoms. The molecule has 0 atom stereocenters. The molecule has 0 aromatic heterocycles. The van der Waals surface area contributed by atoms with Gasteiger partial charge >= 0.3 is 31.1 Å². The summed E-state index contributed by atoms with van der Waals surface area (Å²) in [6.45, 7) is 31.5. The van der Waals surface area contributed by atoms with E-state index in [9.17, 15) is 0 Å². The molecule has 0 bridgehead atoms. The Hall–Kier alpha value is 1.08. The predicted octanol–water partition coefficient (Wildman–Crippen LogP) is 10.2. The van der Waals surface area contributed by atoms with E-state index in [2.05, 4.69) is 145 Å². The van der Waals surface area contributed by atoms with Crippen molar-refractivity contribution >= 4 is 68.4 Å². The summed E-state index contributed by atoms with van der Waals surface area (Å²) in [5, 5.41) is 0. The fraction of sp³-hybridized carbons (Fsp3) is 0.625. The Morgan fingerprint density at radius 2 is 0.821 bits per heavy atom. The topological polar surface area (TPSA) is 0 Å². The molecule has 0 heterocycles. The van der Waals surface area contributed by atoms with Gasteiger partial charge in [-0.15, -0.1) is 15.8 Å². The molecule has 2 aromatic rings. The average molecular weight is 879 g/mol. The molecule has 7 heteroatoms. The van der Waals surface area contributed by atoms with Crippen LogP contribution in [0.3, 0.4) is 0 Å². The van der Waals surface area contributed by atoms with Crippen LogP contribution in [-0.2, 0) is 17.8 Å². The predicted molar refractivity (Wildman–Crippen MR) is 196 cm³/mol. The van der Waals surface area contributed by atoms with Gasteiger partial charge in [-0.2, -0.15) is 15.8 Å². The number of hydrogen-bond acceptors (Lipinski definition) is 0. The molecule has 0 fully saturated rings. The Morgan fingerprint density at radius 1 is 0.564 bits per heavy atom. The Bertz CT molecular complexity index is 887. The molecule has 0 aliphatic heterocycles. The van der Waals surface area contributed by atoms with Crippen LogP contribution in [0.5, 0.6) is 0 Å². The molecule has 0 saturated heterocycles. The van der Waals surface area contributed by atoms with Gasteiger partial charge in [-0.05, 0) is 115 Å². The van der Waals surface area contributed by atoms with Crippen LogP contribution >= 0.6 is 44.9 Å². The van der Waals surface area contributed by atoms with Crippen LogP contribution in [0.1, 0.15) is 86.1 Å². The molecular formula is C32H56B2Br2P2Pt. The van der Waals surface area contributed by atoms with Crippen LogP contribution < -0.4 is 10.9 Å². The van der Waals surface area contributed by atoms with Crippen LogP contribution in [0, 0.1) is 55.4 Å². The maximum absolute atomic E-state index is 3.95. The molecule has 0 nitrogen and oxygen atoms in total. The average Bonchev–Trinajstić information content (AvgIpc) is 2.93. The van der Waals surface area contributed by atoms with Gasteiger partial charge in [-0.3, -0.25) is 0 Å². The zero-order chi connectivity index (χ0) is 30.9. The van der Waals surface area contributed by atoms with Crippen molar-refractivity contribution in [2.75, 3.05) is 37.0 Å². The van der Waals surface area contributed by atoms with E-state index < -0.39 is 0 Å². The van der Waals surface area contributed by atoms with E-state index >= 15 is 0 Å². The first-order valence-electron chi connectivity index (χ1n) is 14.5. The van der Waals surface area contributed by atoms with Crippen molar-refractivity contribution in [1.82, 2.24) is 0 Å². The second-order valence-corrected chi connectivity index (χ2v) is 17.6. The molecule has 0 aliphatic rings. The van der Waals surface area contributed by atoms with Crippen LogP contribution in [0.2, 0.25) is 0 Å². The molecule has 1 radical (unpaired) electrons. The zero-order valence-corrected chi connectivity index (χ0v) is 34.8. The normalized spacial score (nSPS) is 10.3. The minimum absolute atomic E-state index is 0.236. The number of aryl methyl sites for hydroxylation is 4. The van der Waals surface area contributed by atoms with Crippen molar-refractivity contribution in [1.29, 1.82) is 0 Å².